The van der Waals surface area contributed by atoms with E-state index in [1.165, 1.54) is 0 Å². The Labute approximate surface area is 88.3 Å². The number of nitrogens with zero attached hydrogens (tertiary/aromatic N) is 3. The largest absolute Gasteiger partial charge is 0.383 e. The fourth-order valence-corrected chi connectivity index (χ4v) is 1.33. The van der Waals surface area contributed by atoms with Crippen LogP contribution >= 0.6 is 0 Å². The molecule has 0 bridgehead atoms. The topological polar surface area (TPSA) is 98.1 Å². The predicted molar refractivity (Wildman–Crippen MR) is 55.0 cm³/mol. The molecule has 0 spiro atoms. The van der Waals surface area contributed by atoms with E-state index in [9.17, 15) is 9.90 Å². The monoisotopic (exact) mass is 212 g/mol. The van der Waals surface area contributed by atoms with E-state index in [4.69, 9.17) is 5.53 Å². The van der Waals surface area contributed by atoms with Crippen LogP contribution < -0.4 is 5.32 Å². The van der Waals surface area contributed by atoms with Crippen LogP contribution in [0.1, 0.15) is 32.6 Å². The number of aliphatic hydroxyl groups excluding tert-OH is 1. The lowest BCUT2D eigenvalue weighted by atomic mass is 10.1. The number of hydrogen-bond acceptors (Lipinski definition) is 3. The molecule has 1 saturated carbocycles. The van der Waals surface area contributed by atoms with Crippen LogP contribution in [0.25, 0.3) is 10.4 Å². The normalized spacial score (nSPS) is 18.8. The summed E-state index contributed by atoms with van der Waals surface area (Å²) in [6.07, 6.45) is 2.00. The Bertz CT molecular complexity index is 271. The first-order valence-corrected chi connectivity index (χ1v) is 5.21. The minimum Gasteiger partial charge on any atom is -0.383 e. The highest BCUT2D eigenvalue weighted by molar-refractivity contribution is 5.81. The number of rotatable bonds is 6. The van der Waals surface area contributed by atoms with Gasteiger partial charge in [-0.25, -0.2) is 0 Å². The van der Waals surface area contributed by atoms with Gasteiger partial charge < -0.3 is 10.4 Å². The fraction of sp³-hybridized carbons (Fsp3) is 0.889. The van der Waals surface area contributed by atoms with Crippen molar-refractivity contribution in [1.82, 2.24) is 5.32 Å². The molecule has 15 heavy (non-hydrogen) atoms. The highest BCUT2D eigenvalue weighted by atomic mass is 16.3. The Kier molecular flexibility index (Phi) is 4.39. The van der Waals surface area contributed by atoms with E-state index in [0.29, 0.717) is 6.42 Å². The van der Waals surface area contributed by atoms with Gasteiger partial charge in [0.2, 0.25) is 5.91 Å². The second-order valence-electron chi connectivity index (χ2n) is 3.79. The lowest BCUT2D eigenvalue weighted by molar-refractivity contribution is -0.130. The third-order valence-corrected chi connectivity index (χ3v) is 2.34. The molecule has 0 aliphatic heterocycles. The van der Waals surface area contributed by atoms with Crippen molar-refractivity contribution in [3.05, 3.63) is 10.4 Å². The van der Waals surface area contributed by atoms with Crippen molar-refractivity contribution in [3.63, 3.8) is 0 Å². The molecule has 1 aliphatic carbocycles. The minimum absolute atomic E-state index is 0.209. The SMILES string of the molecule is CCC[C@H](N=[N+]=[N-])[C@H](O)C(=O)NC1CC1. The Hall–Kier alpha value is -1.26. The van der Waals surface area contributed by atoms with Crippen LogP contribution in [0.5, 0.6) is 0 Å². The molecular formula is C9H16N4O2. The van der Waals surface area contributed by atoms with Gasteiger partial charge in [-0.15, -0.1) is 0 Å². The molecule has 1 aliphatic rings. The third kappa shape index (κ3) is 3.77. The number of nitrogens with one attached hydrogen (secondary N) is 1. The maximum atomic E-state index is 11.4. The van der Waals surface area contributed by atoms with E-state index in [1.807, 2.05) is 6.92 Å². The van der Waals surface area contributed by atoms with Gasteiger partial charge in [0.25, 0.3) is 0 Å². The average Bonchev–Trinajstić information content (AvgIpc) is 3.00. The van der Waals surface area contributed by atoms with Crippen molar-refractivity contribution in [2.24, 2.45) is 5.11 Å². The molecule has 0 saturated heterocycles. The van der Waals surface area contributed by atoms with Gasteiger partial charge in [0, 0.05) is 11.0 Å². The van der Waals surface area contributed by atoms with Gasteiger partial charge in [-0.3, -0.25) is 4.79 Å². The van der Waals surface area contributed by atoms with Gasteiger partial charge in [0.05, 0.1) is 6.04 Å². The lowest BCUT2D eigenvalue weighted by Crippen LogP contribution is -2.42. The Morgan fingerprint density at radius 3 is 2.87 bits per heavy atom. The summed E-state index contributed by atoms with van der Waals surface area (Å²) in [4.78, 5) is 14.1. The molecule has 6 heteroatoms. The summed E-state index contributed by atoms with van der Waals surface area (Å²) in [6, 6.07) is -0.445. The predicted octanol–water partition coefficient (Wildman–Crippen LogP) is 1.10. The van der Waals surface area contributed by atoms with Crippen molar-refractivity contribution >= 4 is 5.91 Å². The van der Waals surface area contributed by atoms with Crippen molar-refractivity contribution in [2.45, 2.75) is 50.8 Å². The Balaban J connectivity index is 2.48. The quantitative estimate of drug-likeness (QED) is 0.391. The fourth-order valence-electron chi connectivity index (χ4n) is 1.33. The molecule has 0 aromatic heterocycles. The molecule has 2 atom stereocenters. The van der Waals surface area contributed by atoms with E-state index in [1.54, 1.807) is 0 Å². The molecule has 6 nitrogen and oxygen atoms in total. The maximum absolute atomic E-state index is 11.4. The number of azide groups is 1. The molecule has 0 heterocycles. The zero-order valence-electron chi connectivity index (χ0n) is 8.76. The molecule has 0 radical (unpaired) electrons. The summed E-state index contributed by atoms with van der Waals surface area (Å²) in [5, 5.41) is 15.8. The van der Waals surface area contributed by atoms with Gasteiger partial charge in [-0.2, -0.15) is 0 Å². The highest BCUT2D eigenvalue weighted by Crippen LogP contribution is 2.19. The Morgan fingerprint density at radius 1 is 1.73 bits per heavy atom. The van der Waals surface area contributed by atoms with E-state index in [0.717, 1.165) is 19.3 Å². The first-order chi connectivity index (χ1) is 7.19. The first-order valence-electron chi connectivity index (χ1n) is 5.21. The summed E-state index contributed by atoms with van der Waals surface area (Å²) in [5.74, 6) is -0.427. The smallest absolute Gasteiger partial charge is 0.249 e. The molecule has 1 rings (SSSR count). The number of carbonyl (C=O) groups excluding carboxylic acids is 1. The van der Waals surface area contributed by atoms with Crippen molar-refractivity contribution in [3.8, 4) is 0 Å². The van der Waals surface area contributed by atoms with Crippen LogP contribution in [0.15, 0.2) is 5.11 Å². The van der Waals surface area contributed by atoms with Gasteiger partial charge in [-0.1, -0.05) is 18.5 Å². The number of carbonyl (C=O) groups is 1. The van der Waals surface area contributed by atoms with Crippen molar-refractivity contribution < 1.29 is 9.90 Å². The van der Waals surface area contributed by atoms with Crippen LogP contribution in [0.3, 0.4) is 0 Å². The molecule has 1 fully saturated rings. The lowest BCUT2D eigenvalue weighted by Gasteiger charge is -2.16. The number of amides is 1. The summed E-state index contributed by atoms with van der Waals surface area (Å²) >= 11 is 0. The van der Waals surface area contributed by atoms with Crippen molar-refractivity contribution in [2.75, 3.05) is 0 Å². The van der Waals surface area contributed by atoms with Gasteiger partial charge in [0.1, 0.15) is 6.10 Å². The molecule has 84 valence electrons. The van der Waals surface area contributed by atoms with Crippen LogP contribution in [-0.4, -0.2) is 29.2 Å². The molecule has 0 aromatic rings. The van der Waals surface area contributed by atoms with Crippen LogP contribution in [0.4, 0.5) is 0 Å². The van der Waals surface area contributed by atoms with E-state index in [-0.39, 0.29) is 6.04 Å². The van der Waals surface area contributed by atoms with Gasteiger partial charge >= 0.3 is 0 Å². The minimum atomic E-state index is -1.22. The zero-order valence-corrected chi connectivity index (χ0v) is 8.76. The van der Waals surface area contributed by atoms with Crippen molar-refractivity contribution in [1.29, 1.82) is 0 Å². The Morgan fingerprint density at radius 2 is 2.40 bits per heavy atom. The molecular weight excluding hydrogens is 196 g/mol. The first kappa shape index (κ1) is 11.8. The molecule has 0 aromatic carbocycles. The molecule has 0 unspecified atom stereocenters. The van der Waals surface area contributed by atoms with Crippen LogP contribution in [0, 0.1) is 0 Å². The van der Waals surface area contributed by atoms with Crippen LogP contribution in [-0.2, 0) is 4.79 Å². The molecule has 2 N–H and O–H groups in total. The second kappa shape index (κ2) is 5.58. The standard InChI is InChI=1S/C9H16N4O2/c1-2-3-7(12-13-10)8(14)9(15)11-6-4-5-6/h6-8,14H,2-5H2,1H3,(H,11,15)/t7-,8-/m0/s1. The summed E-state index contributed by atoms with van der Waals surface area (Å²) in [7, 11) is 0. The highest BCUT2D eigenvalue weighted by Gasteiger charge is 2.30. The summed E-state index contributed by atoms with van der Waals surface area (Å²) in [5.41, 5.74) is 8.30. The van der Waals surface area contributed by atoms with E-state index in [2.05, 4.69) is 15.3 Å². The summed E-state index contributed by atoms with van der Waals surface area (Å²) < 4.78 is 0. The second-order valence-corrected chi connectivity index (χ2v) is 3.79. The molecule has 1 amide bonds. The summed E-state index contributed by atoms with van der Waals surface area (Å²) in [6.45, 7) is 1.91. The average molecular weight is 212 g/mol. The van der Waals surface area contributed by atoms with E-state index >= 15 is 0 Å². The van der Waals surface area contributed by atoms with Crippen LogP contribution in [0.2, 0.25) is 0 Å². The zero-order chi connectivity index (χ0) is 11.3. The number of aliphatic hydroxyl groups is 1. The van der Waals surface area contributed by atoms with Gasteiger partial charge in [0.15, 0.2) is 0 Å². The van der Waals surface area contributed by atoms with Gasteiger partial charge in [-0.05, 0) is 24.8 Å². The maximum Gasteiger partial charge on any atom is 0.249 e. The number of hydrogen-bond donors (Lipinski definition) is 2. The van der Waals surface area contributed by atoms with E-state index < -0.39 is 18.1 Å². The third-order valence-electron chi connectivity index (χ3n) is 2.34.